The van der Waals surface area contributed by atoms with Crippen molar-refractivity contribution in [3.8, 4) is 0 Å². The van der Waals surface area contributed by atoms with E-state index < -0.39 is 0 Å². The van der Waals surface area contributed by atoms with Crippen molar-refractivity contribution < 1.29 is 19.1 Å². The van der Waals surface area contributed by atoms with Gasteiger partial charge in [0.05, 0.1) is 25.4 Å². The minimum atomic E-state index is -0.373. The van der Waals surface area contributed by atoms with Crippen molar-refractivity contribution in [3.63, 3.8) is 0 Å². The number of carbonyl (C=O) groups is 2. The third-order valence-electron chi connectivity index (χ3n) is 5.28. The molecular weight excluding hydrogens is 306 g/mol. The summed E-state index contributed by atoms with van der Waals surface area (Å²) in [4.78, 5) is 24.6. The maximum Gasteiger partial charge on any atom is 0.336 e. The Morgan fingerprint density at radius 3 is 1.88 bits per heavy atom. The van der Waals surface area contributed by atoms with Crippen LogP contribution in [0.5, 0.6) is 0 Å². The fourth-order valence-electron chi connectivity index (χ4n) is 4.06. The molecule has 5 heteroatoms. The quantitative estimate of drug-likeness (QED) is 0.780. The summed E-state index contributed by atoms with van der Waals surface area (Å²) in [6, 6.07) is 0. The van der Waals surface area contributed by atoms with Crippen LogP contribution >= 0.6 is 0 Å². The normalized spacial score (nSPS) is 20.0. The zero-order valence-corrected chi connectivity index (χ0v) is 15.2. The van der Waals surface area contributed by atoms with Gasteiger partial charge in [-0.25, -0.2) is 9.59 Å². The molecule has 1 aliphatic heterocycles. The van der Waals surface area contributed by atoms with E-state index in [1.165, 1.54) is 46.3 Å². The Hall–Kier alpha value is -1.78. The molecular formula is C19H29NO4. The maximum absolute atomic E-state index is 12.3. The van der Waals surface area contributed by atoms with Gasteiger partial charge in [0.25, 0.3) is 0 Å². The van der Waals surface area contributed by atoms with Crippen molar-refractivity contribution in [2.45, 2.75) is 58.8 Å². The first-order valence-corrected chi connectivity index (χ1v) is 8.84. The van der Waals surface area contributed by atoms with Gasteiger partial charge in [-0.05, 0) is 32.6 Å². The fourth-order valence-corrected chi connectivity index (χ4v) is 4.06. The number of nitrogens with one attached hydrogen (secondary N) is 1. The fraction of sp³-hybridized carbons (Fsp3) is 0.684. The molecule has 1 fully saturated rings. The van der Waals surface area contributed by atoms with E-state index in [9.17, 15) is 9.59 Å². The second-order valence-corrected chi connectivity index (χ2v) is 6.82. The van der Waals surface area contributed by atoms with E-state index in [1.807, 2.05) is 13.8 Å². The number of allylic oxidation sites excluding steroid dienone is 2. The first-order chi connectivity index (χ1) is 11.5. The van der Waals surface area contributed by atoms with Crippen molar-refractivity contribution >= 4 is 11.9 Å². The van der Waals surface area contributed by atoms with E-state index in [4.69, 9.17) is 9.47 Å². The maximum atomic E-state index is 12.3. The molecule has 0 saturated heterocycles. The molecule has 24 heavy (non-hydrogen) atoms. The second kappa shape index (κ2) is 8.36. The Kier molecular flexibility index (Phi) is 6.46. The highest BCUT2D eigenvalue weighted by Crippen LogP contribution is 2.37. The van der Waals surface area contributed by atoms with Gasteiger partial charge in [0, 0.05) is 17.3 Å². The van der Waals surface area contributed by atoms with Crippen LogP contribution in [-0.2, 0) is 19.1 Å². The summed E-state index contributed by atoms with van der Waals surface area (Å²) in [5, 5.41) is 3.14. The molecule has 0 bridgehead atoms. The predicted molar refractivity (Wildman–Crippen MR) is 91.9 cm³/mol. The van der Waals surface area contributed by atoms with Crippen LogP contribution in [-0.4, -0.2) is 26.2 Å². The van der Waals surface area contributed by atoms with Crippen LogP contribution in [0.15, 0.2) is 22.5 Å². The molecule has 0 atom stereocenters. The number of carbonyl (C=O) groups excluding carboxylic acids is 2. The second-order valence-electron chi connectivity index (χ2n) is 6.82. The Morgan fingerprint density at radius 2 is 1.42 bits per heavy atom. The Balaban J connectivity index is 2.26. The molecule has 0 aromatic carbocycles. The monoisotopic (exact) mass is 335 g/mol. The minimum absolute atomic E-state index is 0.256. The van der Waals surface area contributed by atoms with Gasteiger partial charge in [0.1, 0.15) is 0 Å². The van der Waals surface area contributed by atoms with Gasteiger partial charge in [0.15, 0.2) is 0 Å². The predicted octanol–water partition coefficient (Wildman–Crippen LogP) is 3.46. The third-order valence-corrected chi connectivity index (χ3v) is 5.28. The van der Waals surface area contributed by atoms with Gasteiger partial charge in [-0.15, -0.1) is 0 Å². The number of rotatable bonds is 5. The highest BCUT2D eigenvalue weighted by atomic mass is 16.5. The molecule has 1 saturated carbocycles. The molecule has 1 N–H and O–H groups in total. The van der Waals surface area contributed by atoms with Gasteiger partial charge < -0.3 is 14.8 Å². The summed E-state index contributed by atoms with van der Waals surface area (Å²) in [5.74, 6) is -0.315. The molecule has 5 nitrogen and oxygen atoms in total. The summed E-state index contributed by atoms with van der Waals surface area (Å²) in [6.07, 6.45) is 8.18. The van der Waals surface area contributed by atoms with Crippen LogP contribution in [0.2, 0.25) is 0 Å². The van der Waals surface area contributed by atoms with Gasteiger partial charge in [-0.2, -0.15) is 0 Å². The van der Waals surface area contributed by atoms with Crippen molar-refractivity contribution in [3.05, 3.63) is 22.5 Å². The van der Waals surface area contributed by atoms with Gasteiger partial charge in [-0.3, -0.25) is 0 Å². The first-order valence-electron chi connectivity index (χ1n) is 8.84. The van der Waals surface area contributed by atoms with Crippen LogP contribution in [0.1, 0.15) is 58.8 Å². The summed E-state index contributed by atoms with van der Waals surface area (Å²) < 4.78 is 9.94. The zero-order chi connectivity index (χ0) is 17.7. The molecule has 0 unspecified atom stereocenters. The van der Waals surface area contributed by atoms with Crippen LogP contribution in [0.3, 0.4) is 0 Å². The van der Waals surface area contributed by atoms with Gasteiger partial charge >= 0.3 is 11.9 Å². The lowest BCUT2D eigenvalue weighted by Crippen LogP contribution is -2.33. The summed E-state index contributed by atoms with van der Waals surface area (Å²) in [6.45, 7) is 3.72. The third kappa shape index (κ3) is 4.00. The average Bonchev–Trinajstić information content (AvgIpc) is 2.59. The lowest BCUT2D eigenvalue weighted by molar-refractivity contribution is -0.137. The van der Waals surface area contributed by atoms with Gasteiger partial charge in [0.2, 0.25) is 0 Å². The SMILES string of the molecule is COC(=O)C1=C(C)NC(C)=C(C(=O)OC)C1CCC1CCCCC1. The molecule has 1 aliphatic carbocycles. The van der Waals surface area contributed by atoms with Gasteiger partial charge in [-0.1, -0.05) is 32.1 Å². The molecule has 0 radical (unpaired) electrons. The van der Waals surface area contributed by atoms with E-state index in [0.717, 1.165) is 24.2 Å². The van der Waals surface area contributed by atoms with E-state index >= 15 is 0 Å². The molecule has 2 rings (SSSR count). The summed E-state index contributed by atoms with van der Waals surface area (Å²) >= 11 is 0. The topological polar surface area (TPSA) is 64.6 Å². The molecule has 0 spiro atoms. The molecule has 0 amide bonds. The van der Waals surface area contributed by atoms with Crippen LogP contribution in [0, 0.1) is 11.8 Å². The van der Waals surface area contributed by atoms with Crippen molar-refractivity contribution in [2.75, 3.05) is 14.2 Å². The standard InChI is InChI=1S/C19H29NO4/c1-12-16(18(21)23-3)15(11-10-14-8-6-5-7-9-14)17(13(2)20-12)19(22)24-4/h14-15,20H,5-11H2,1-4H3. The Bertz CT molecular complexity index is 518. The zero-order valence-electron chi connectivity index (χ0n) is 15.2. The van der Waals surface area contributed by atoms with Crippen LogP contribution < -0.4 is 5.32 Å². The largest absolute Gasteiger partial charge is 0.466 e. The number of methoxy groups -OCH3 is 2. The Labute approximate surface area is 144 Å². The number of hydrogen-bond donors (Lipinski definition) is 1. The molecule has 2 aliphatic rings. The highest BCUT2D eigenvalue weighted by Gasteiger charge is 2.36. The van der Waals surface area contributed by atoms with Crippen LogP contribution in [0.4, 0.5) is 0 Å². The van der Waals surface area contributed by atoms with Crippen molar-refractivity contribution in [1.82, 2.24) is 5.32 Å². The highest BCUT2D eigenvalue weighted by molar-refractivity contribution is 5.97. The summed E-state index contributed by atoms with van der Waals surface area (Å²) in [7, 11) is 2.76. The summed E-state index contributed by atoms with van der Waals surface area (Å²) in [5.41, 5.74) is 2.64. The van der Waals surface area contributed by atoms with Crippen molar-refractivity contribution in [2.24, 2.45) is 11.8 Å². The van der Waals surface area contributed by atoms with E-state index in [2.05, 4.69) is 5.32 Å². The van der Waals surface area contributed by atoms with E-state index in [0.29, 0.717) is 17.1 Å². The smallest absolute Gasteiger partial charge is 0.336 e. The average molecular weight is 335 g/mol. The lowest BCUT2D eigenvalue weighted by atomic mass is 9.78. The van der Waals surface area contributed by atoms with Crippen molar-refractivity contribution in [1.29, 1.82) is 0 Å². The number of esters is 2. The lowest BCUT2D eigenvalue weighted by Gasteiger charge is -2.31. The number of ether oxygens (including phenoxy) is 2. The number of hydrogen-bond acceptors (Lipinski definition) is 5. The number of dihydropyridines is 1. The Morgan fingerprint density at radius 1 is 0.917 bits per heavy atom. The molecule has 0 aromatic heterocycles. The van der Waals surface area contributed by atoms with E-state index in [-0.39, 0.29) is 17.9 Å². The van der Waals surface area contributed by atoms with E-state index in [1.54, 1.807) is 0 Å². The molecule has 1 heterocycles. The minimum Gasteiger partial charge on any atom is -0.466 e. The van der Waals surface area contributed by atoms with Crippen LogP contribution in [0.25, 0.3) is 0 Å². The molecule has 134 valence electrons. The molecule has 0 aromatic rings. The first kappa shape index (κ1) is 18.6.